The van der Waals surface area contributed by atoms with Crippen molar-refractivity contribution in [2.45, 2.75) is 25.5 Å². The summed E-state index contributed by atoms with van der Waals surface area (Å²) in [6.07, 6.45) is -8.35. The summed E-state index contributed by atoms with van der Waals surface area (Å²) in [6, 6.07) is 10.3. The van der Waals surface area contributed by atoms with Crippen LogP contribution in [0.1, 0.15) is 10.6 Å². The highest BCUT2D eigenvalue weighted by Crippen LogP contribution is 2.42. The molecule has 2 fully saturated rings. The number of rotatable bonds is 6. The van der Waals surface area contributed by atoms with Crippen molar-refractivity contribution < 1.29 is 55.6 Å². The van der Waals surface area contributed by atoms with E-state index < -0.39 is 24.3 Å². The molecule has 2 atom stereocenters. The van der Waals surface area contributed by atoms with Crippen LogP contribution in [0.15, 0.2) is 41.9 Å². The second kappa shape index (κ2) is 13.2. The van der Waals surface area contributed by atoms with Crippen LogP contribution in [0.5, 0.6) is 0 Å². The van der Waals surface area contributed by atoms with Gasteiger partial charge < -0.3 is 19.7 Å². The van der Waals surface area contributed by atoms with Crippen molar-refractivity contribution in [1.82, 2.24) is 9.88 Å². The molecule has 0 radical (unpaired) electrons. The van der Waals surface area contributed by atoms with Crippen LogP contribution in [-0.2, 0) is 32.2 Å². The fraction of sp³-hybridized carbons (Fsp3) is 0.500. The number of aliphatic carboxylic acids is 2. The number of pyridine rings is 1. The molecule has 0 amide bonds. The van der Waals surface area contributed by atoms with Crippen LogP contribution in [0.2, 0.25) is 0 Å². The van der Waals surface area contributed by atoms with Crippen LogP contribution in [0.4, 0.5) is 26.3 Å². The zero-order valence-electron chi connectivity index (χ0n) is 19.2. The van der Waals surface area contributed by atoms with E-state index in [0.29, 0.717) is 12.5 Å². The maximum Gasteiger partial charge on any atom is 0.490 e. The van der Waals surface area contributed by atoms with Crippen molar-refractivity contribution in [2.75, 3.05) is 32.9 Å². The number of nitrogens with zero attached hydrogens (tertiary/aromatic N) is 2. The van der Waals surface area contributed by atoms with Gasteiger partial charge in [0.1, 0.15) is 0 Å². The largest absolute Gasteiger partial charge is 0.490 e. The lowest BCUT2D eigenvalue weighted by Gasteiger charge is -2.27. The quantitative estimate of drug-likeness (QED) is 0.511. The van der Waals surface area contributed by atoms with Crippen molar-refractivity contribution in [3.8, 4) is 0 Å². The third-order valence-corrected chi connectivity index (χ3v) is 6.26. The van der Waals surface area contributed by atoms with E-state index in [1.54, 1.807) is 0 Å². The number of hydrogen-bond donors (Lipinski definition) is 2. The van der Waals surface area contributed by atoms with Crippen molar-refractivity contribution >= 4 is 23.3 Å². The molecule has 2 N–H and O–H groups in total. The highest BCUT2D eigenvalue weighted by molar-refractivity contribution is 7.09. The van der Waals surface area contributed by atoms with Crippen LogP contribution >= 0.6 is 11.3 Å². The molecule has 0 spiro atoms. The number of aromatic nitrogens is 1. The third kappa shape index (κ3) is 9.91. The molecule has 0 unspecified atom stereocenters. The Bertz CT molecular complexity index is 966. The zero-order chi connectivity index (χ0) is 27.7. The lowest BCUT2D eigenvalue weighted by molar-refractivity contribution is -0.193. The van der Waals surface area contributed by atoms with E-state index in [2.05, 4.69) is 27.4 Å². The minimum Gasteiger partial charge on any atom is -0.475 e. The number of ether oxygens (including phenoxy) is 2. The van der Waals surface area contributed by atoms with Crippen molar-refractivity contribution in [2.24, 2.45) is 11.3 Å². The monoisotopic (exact) mass is 558 g/mol. The van der Waals surface area contributed by atoms with Gasteiger partial charge in [0.25, 0.3) is 0 Å². The number of likely N-dealkylation sites (tertiary alicyclic amines) is 1. The number of carboxylic acids is 2. The number of carboxylic acid groups (broad SMARTS) is 2. The number of carbonyl (C=O) groups is 2. The first kappa shape index (κ1) is 30.5. The first-order valence-electron chi connectivity index (χ1n) is 10.6. The highest BCUT2D eigenvalue weighted by Gasteiger charge is 2.50. The molecule has 2 aromatic heterocycles. The summed E-state index contributed by atoms with van der Waals surface area (Å²) >= 11 is 1.84. The number of fused-ring (bicyclic) bond motifs is 1. The first-order valence-corrected chi connectivity index (χ1v) is 11.5. The van der Waals surface area contributed by atoms with Gasteiger partial charge in [0.15, 0.2) is 0 Å². The van der Waals surface area contributed by atoms with E-state index in [4.69, 9.17) is 29.3 Å². The summed E-state index contributed by atoms with van der Waals surface area (Å²) in [4.78, 5) is 26.1. The molecule has 2 aliphatic heterocycles. The molecular weight excluding hydrogens is 534 g/mol. The zero-order valence-corrected chi connectivity index (χ0v) is 20.0. The van der Waals surface area contributed by atoms with E-state index in [9.17, 15) is 26.3 Å². The summed E-state index contributed by atoms with van der Waals surface area (Å²) in [7, 11) is 0. The van der Waals surface area contributed by atoms with Crippen LogP contribution in [0, 0.1) is 11.3 Å². The fourth-order valence-electron chi connectivity index (χ4n) is 3.73. The summed E-state index contributed by atoms with van der Waals surface area (Å²) < 4.78 is 75.3. The van der Waals surface area contributed by atoms with Gasteiger partial charge in [0, 0.05) is 42.0 Å². The Labute approximate surface area is 211 Å². The molecule has 37 heavy (non-hydrogen) atoms. The molecule has 2 saturated heterocycles. The number of thiophene rings is 1. The second-order valence-corrected chi connectivity index (χ2v) is 9.28. The SMILES string of the molecule is O=C(O)C(F)(F)F.O=C(O)C(F)(F)F.c1ccc(COC[C@]23COC[C@H]2CN(Cc2cccs2)C3)nc1. The van der Waals surface area contributed by atoms with Crippen molar-refractivity contribution in [1.29, 1.82) is 0 Å². The molecule has 2 aliphatic rings. The van der Waals surface area contributed by atoms with Gasteiger partial charge in [0.2, 0.25) is 0 Å². The van der Waals surface area contributed by atoms with Crippen LogP contribution in [0.25, 0.3) is 0 Å². The molecule has 2 aromatic rings. The Hall–Kier alpha value is -2.75. The third-order valence-electron chi connectivity index (χ3n) is 5.40. The predicted molar refractivity (Wildman–Crippen MR) is 118 cm³/mol. The Morgan fingerprint density at radius 1 is 1.11 bits per heavy atom. The van der Waals surface area contributed by atoms with Crippen LogP contribution in [-0.4, -0.2) is 77.3 Å². The smallest absolute Gasteiger partial charge is 0.475 e. The summed E-state index contributed by atoms with van der Waals surface area (Å²) in [5.74, 6) is -4.92. The average molecular weight is 558 g/mol. The first-order chi connectivity index (χ1) is 17.2. The maximum atomic E-state index is 10.6. The van der Waals surface area contributed by atoms with Gasteiger partial charge in [-0.05, 0) is 23.6 Å². The Kier molecular flexibility index (Phi) is 10.8. The summed E-state index contributed by atoms with van der Waals surface area (Å²) in [5, 5.41) is 16.4. The van der Waals surface area contributed by atoms with Gasteiger partial charge in [-0.3, -0.25) is 9.88 Å². The summed E-state index contributed by atoms with van der Waals surface area (Å²) in [5.41, 5.74) is 1.15. The van der Waals surface area contributed by atoms with E-state index in [0.717, 1.165) is 45.1 Å². The van der Waals surface area contributed by atoms with Crippen LogP contribution in [0.3, 0.4) is 0 Å². The molecule has 8 nitrogen and oxygen atoms in total. The highest BCUT2D eigenvalue weighted by atomic mass is 32.1. The van der Waals surface area contributed by atoms with E-state index in [1.807, 2.05) is 35.7 Å². The van der Waals surface area contributed by atoms with Gasteiger partial charge in [-0.15, -0.1) is 11.3 Å². The Balaban J connectivity index is 0.000000286. The van der Waals surface area contributed by atoms with Gasteiger partial charge >= 0.3 is 24.3 Å². The average Bonchev–Trinajstić information content (AvgIpc) is 3.51. The lowest BCUT2D eigenvalue weighted by Crippen LogP contribution is -2.35. The van der Waals surface area contributed by atoms with Crippen LogP contribution < -0.4 is 0 Å². The van der Waals surface area contributed by atoms with E-state index >= 15 is 0 Å². The number of alkyl halides is 6. The second-order valence-electron chi connectivity index (χ2n) is 8.24. The number of hydrogen-bond acceptors (Lipinski definition) is 7. The van der Waals surface area contributed by atoms with Crippen molar-refractivity contribution in [3.05, 3.63) is 52.5 Å². The maximum absolute atomic E-state index is 10.6. The lowest BCUT2D eigenvalue weighted by atomic mass is 9.82. The molecular formula is C22H24F6N2O6S. The Morgan fingerprint density at radius 3 is 2.27 bits per heavy atom. The van der Waals surface area contributed by atoms with Gasteiger partial charge in [0.05, 0.1) is 32.1 Å². The summed E-state index contributed by atoms with van der Waals surface area (Å²) in [6.45, 7) is 6.27. The molecule has 0 saturated carbocycles. The fourth-order valence-corrected chi connectivity index (χ4v) is 4.48. The van der Waals surface area contributed by atoms with Gasteiger partial charge in [-0.1, -0.05) is 12.1 Å². The normalized spacial score (nSPS) is 21.3. The topological polar surface area (TPSA) is 109 Å². The molecule has 0 aromatic carbocycles. The molecule has 206 valence electrons. The molecule has 4 rings (SSSR count). The molecule has 4 heterocycles. The minimum atomic E-state index is -5.08. The molecule has 0 aliphatic carbocycles. The minimum absolute atomic E-state index is 0.159. The Morgan fingerprint density at radius 2 is 1.76 bits per heavy atom. The number of halogens is 6. The standard InChI is InChI=1S/C18H22N2O2S.2C2HF3O2/c1-2-6-19-16(4-1)11-22-14-18-12-20(8-15(18)10-21-13-18)9-17-5-3-7-23-17;2*3-2(4,5)1(6)7/h1-7,15H,8-14H2;2*(H,6,7)/t15-,18+;;/m1../s1. The van der Waals surface area contributed by atoms with Gasteiger partial charge in [-0.2, -0.15) is 26.3 Å². The van der Waals surface area contributed by atoms with E-state index in [-0.39, 0.29) is 5.41 Å². The van der Waals surface area contributed by atoms with Crippen molar-refractivity contribution in [3.63, 3.8) is 0 Å². The van der Waals surface area contributed by atoms with Gasteiger partial charge in [-0.25, -0.2) is 9.59 Å². The molecule has 15 heteroatoms. The van der Waals surface area contributed by atoms with E-state index in [1.165, 1.54) is 4.88 Å². The predicted octanol–water partition coefficient (Wildman–Crippen LogP) is 4.07. The molecule has 0 bridgehead atoms.